The molecule has 0 saturated carbocycles. The molecule has 1 N–H and O–H groups in total. The van der Waals surface area contributed by atoms with Gasteiger partial charge in [-0.25, -0.2) is 8.42 Å². The van der Waals surface area contributed by atoms with Gasteiger partial charge in [-0.2, -0.15) is 4.31 Å². The second-order valence-electron chi connectivity index (χ2n) is 6.56. The zero-order chi connectivity index (χ0) is 17.9. The van der Waals surface area contributed by atoms with Crippen molar-refractivity contribution < 1.29 is 13.2 Å². The van der Waals surface area contributed by atoms with E-state index >= 15 is 0 Å². The SMILES string of the molecule is O=C(C1CCN(S(=O)(=O)c2ccc(Br)cc2)CC1)N1CCCNCC1. The molecule has 25 heavy (non-hydrogen) atoms. The molecule has 0 aromatic heterocycles. The van der Waals surface area contributed by atoms with Crippen LogP contribution in [0.5, 0.6) is 0 Å². The Labute approximate surface area is 157 Å². The van der Waals surface area contributed by atoms with E-state index in [-0.39, 0.29) is 11.8 Å². The quantitative estimate of drug-likeness (QED) is 0.792. The molecule has 138 valence electrons. The summed E-state index contributed by atoms with van der Waals surface area (Å²) in [6.07, 6.45) is 2.17. The Morgan fingerprint density at radius 3 is 2.40 bits per heavy atom. The van der Waals surface area contributed by atoms with Crippen LogP contribution in [-0.2, 0) is 14.8 Å². The van der Waals surface area contributed by atoms with Crippen molar-refractivity contribution >= 4 is 31.9 Å². The Bertz CT molecular complexity index is 692. The van der Waals surface area contributed by atoms with Crippen molar-refractivity contribution in [2.24, 2.45) is 5.92 Å². The summed E-state index contributed by atoms with van der Waals surface area (Å²) in [5.41, 5.74) is 0. The lowest BCUT2D eigenvalue weighted by atomic mass is 9.96. The minimum absolute atomic E-state index is 0.0607. The molecule has 0 unspecified atom stereocenters. The van der Waals surface area contributed by atoms with Crippen LogP contribution in [0.4, 0.5) is 0 Å². The smallest absolute Gasteiger partial charge is 0.243 e. The molecule has 2 aliphatic heterocycles. The van der Waals surface area contributed by atoms with Crippen LogP contribution in [0.25, 0.3) is 0 Å². The topological polar surface area (TPSA) is 69.7 Å². The fourth-order valence-electron chi connectivity index (χ4n) is 3.42. The molecule has 1 aromatic rings. The van der Waals surface area contributed by atoms with Gasteiger partial charge in [0.2, 0.25) is 15.9 Å². The van der Waals surface area contributed by atoms with E-state index in [2.05, 4.69) is 21.2 Å². The molecule has 0 bridgehead atoms. The van der Waals surface area contributed by atoms with Crippen molar-refractivity contribution in [1.82, 2.24) is 14.5 Å². The summed E-state index contributed by atoms with van der Waals surface area (Å²) in [7, 11) is -3.48. The van der Waals surface area contributed by atoms with E-state index in [0.29, 0.717) is 30.8 Å². The van der Waals surface area contributed by atoms with Crippen molar-refractivity contribution in [3.8, 4) is 0 Å². The van der Waals surface area contributed by atoms with Crippen LogP contribution in [-0.4, -0.2) is 62.8 Å². The van der Waals surface area contributed by atoms with Crippen LogP contribution in [0.15, 0.2) is 33.6 Å². The number of amides is 1. The molecule has 1 aromatic carbocycles. The summed E-state index contributed by atoms with van der Waals surface area (Å²) in [5.74, 6) is 0.124. The largest absolute Gasteiger partial charge is 0.341 e. The lowest BCUT2D eigenvalue weighted by Gasteiger charge is -2.33. The number of benzene rings is 1. The van der Waals surface area contributed by atoms with Crippen LogP contribution >= 0.6 is 15.9 Å². The van der Waals surface area contributed by atoms with E-state index in [1.807, 2.05) is 4.90 Å². The average molecular weight is 430 g/mol. The summed E-state index contributed by atoms with van der Waals surface area (Å²) in [6, 6.07) is 6.69. The highest BCUT2D eigenvalue weighted by Gasteiger charge is 2.33. The lowest BCUT2D eigenvalue weighted by molar-refractivity contribution is -0.136. The lowest BCUT2D eigenvalue weighted by Crippen LogP contribution is -2.45. The van der Waals surface area contributed by atoms with Gasteiger partial charge in [0.25, 0.3) is 0 Å². The fraction of sp³-hybridized carbons (Fsp3) is 0.588. The third kappa shape index (κ3) is 4.42. The summed E-state index contributed by atoms with van der Waals surface area (Å²) in [5, 5.41) is 3.30. The maximum absolute atomic E-state index is 12.7. The Balaban J connectivity index is 1.61. The van der Waals surface area contributed by atoms with Crippen LogP contribution in [0.3, 0.4) is 0 Å². The Kier molecular flexibility index (Phi) is 6.14. The summed E-state index contributed by atoms with van der Waals surface area (Å²) < 4.78 is 27.8. The molecule has 0 atom stereocenters. The first-order valence-electron chi connectivity index (χ1n) is 8.74. The Morgan fingerprint density at radius 2 is 1.72 bits per heavy atom. The van der Waals surface area contributed by atoms with Crippen molar-refractivity contribution in [2.45, 2.75) is 24.2 Å². The molecule has 2 heterocycles. The van der Waals surface area contributed by atoms with E-state index < -0.39 is 10.0 Å². The highest BCUT2D eigenvalue weighted by Crippen LogP contribution is 2.26. The molecule has 0 aliphatic carbocycles. The molecule has 6 nitrogen and oxygen atoms in total. The summed E-state index contributed by atoms with van der Waals surface area (Å²) in [4.78, 5) is 14.9. The molecule has 0 radical (unpaired) electrons. The predicted molar refractivity (Wildman–Crippen MR) is 99.7 cm³/mol. The van der Waals surface area contributed by atoms with Gasteiger partial charge in [0.05, 0.1) is 4.90 Å². The van der Waals surface area contributed by atoms with Gasteiger partial charge in [-0.1, -0.05) is 15.9 Å². The number of rotatable bonds is 3. The normalized spacial score (nSPS) is 21.1. The number of nitrogens with one attached hydrogen (secondary N) is 1. The number of halogens is 1. The minimum atomic E-state index is -3.48. The van der Waals surface area contributed by atoms with E-state index in [4.69, 9.17) is 0 Å². The Morgan fingerprint density at radius 1 is 1.04 bits per heavy atom. The van der Waals surface area contributed by atoms with Crippen molar-refractivity contribution in [1.29, 1.82) is 0 Å². The van der Waals surface area contributed by atoms with Crippen LogP contribution in [0.2, 0.25) is 0 Å². The molecule has 2 fully saturated rings. The first-order valence-corrected chi connectivity index (χ1v) is 11.0. The third-order valence-corrected chi connectivity index (χ3v) is 7.35. The monoisotopic (exact) mass is 429 g/mol. The third-order valence-electron chi connectivity index (χ3n) is 4.91. The maximum Gasteiger partial charge on any atom is 0.243 e. The number of carbonyl (C=O) groups excluding carboxylic acids is 1. The van der Waals surface area contributed by atoms with Crippen LogP contribution in [0, 0.1) is 5.92 Å². The second kappa shape index (κ2) is 8.16. The molecule has 1 amide bonds. The molecule has 3 rings (SSSR count). The zero-order valence-corrected chi connectivity index (χ0v) is 16.6. The van der Waals surface area contributed by atoms with E-state index in [9.17, 15) is 13.2 Å². The molecule has 2 saturated heterocycles. The molecular formula is C17H24BrN3O3S. The van der Waals surface area contributed by atoms with Gasteiger partial charge >= 0.3 is 0 Å². The molecule has 0 spiro atoms. The molecule has 8 heteroatoms. The van der Waals surface area contributed by atoms with E-state index in [0.717, 1.165) is 37.1 Å². The van der Waals surface area contributed by atoms with E-state index in [1.165, 1.54) is 4.31 Å². The second-order valence-corrected chi connectivity index (χ2v) is 9.41. The molecule has 2 aliphatic rings. The van der Waals surface area contributed by atoms with Gasteiger partial charge in [-0.3, -0.25) is 4.79 Å². The Hall–Kier alpha value is -0.960. The summed E-state index contributed by atoms with van der Waals surface area (Å²) in [6.45, 7) is 4.14. The fourth-order valence-corrected chi connectivity index (χ4v) is 5.16. The average Bonchev–Trinajstić information content (AvgIpc) is 2.91. The van der Waals surface area contributed by atoms with Crippen molar-refractivity contribution in [2.75, 3.05) is 39.3 Å². The first-order chi connectivity index (χ1) is 12.0. The highest BCUT2D eigenvalue weighted by molar-refractivity contribution is 9.10. The van der Waals surface area contributed by atoms with Crippen molar-refractivity contribution in [3.05, 3.63) is 28.7 Å². The van der Waals surface area contributed by atoms with E-state index in [1.54, 1.807) is 24.3 Å². The van der Waals surface area contributed by atoms with Gasteiger partial charge in [0.15, 0.2) is 0 Å². The van der Waals surface area contributed by atoms with Crippen molar-refractivity contribution in [3.63, 3.8) is 0 Å². The highest BCUT2D eigenvalue weighted by atomic mass is 79.9. The number of hydrogen-bond acceptors (Lipinski definition) is 4. The standard InChI is InChI=1S/C17H24BrN3O3S/c18-15-2-4-16(5-3-15)25(23,24)21-11-6-14(7-12-21)17(22)20-10-1-8-19-9-13-20/h2-5,14,19H,1,6-13H2. The molecular weight excluding hydrogens is 406 g/mol. The number of hydrogen-bond donors (Lipinski definition) is 1. The number of carbonyl (C=O) groups is 1. The number of sulfonamides is 1. The van der Waals surface area contributed by atoms with Gasteiger partial charge in [0, 0.05) is 43.1 Å². The number of piperidine rings is 1. The van der Waals surface area contributed by atoms with Crippen LogP contribution < -0.4 is 5.32 Å². The number of nitrogens with zero attached hydrogens (tertiary/aromatic N) is 2. The summed E-state index contributed by atoms with van der Waals surface area (Å²) >= 11 is 3.32. The minimum Gasteiger partial charge on any atom is -0.341 e. The van der Waals surface area contributed by atoms with Crippen LogP contribution in [0.1, 0.15) is 19.3 Å². The predicted octanol–water partition coefficient (Wildman–Crippen LogP) is 1.67. The van der Waals surface area contributed by atoms with Gasteiger partial charge < -0.3 is 10.2 Å². The van der Waals surface area contributed by atoms with Gasteiger partial charge in [-0.15, -0.1) is 0 Å². The zero-order valence-electron chi connectivity index (χ0n) is 14.2. The van der Waals surface area contributed by atoms with Gasteiger partial charge in [0.1, 0.15) is 0 Å². The maximum atomic E-state index is 12.7. The van der Waals surface area contributed by atoms with Gasteiger partial charge in [-0.05, 0) is 50.1 Å². The first kappa shape index (κ1) is 18.8.